The molecule has 1 rings (SSSR count). The summed E-state index contributed by atoms with van der Waals surface area (Å²) in [5.41, 5.74) is 0.634. The Kier molecular flexibility index (Phi) is 3.97. The molecule has 1 atom stereocenters. The van der Waals surface area contributed by atoms with Crippen LogP contribution in [0.4, 0.5) is 0 Å². The maximum absolute atomic E-state index is 11.4. The molecule has 78 valence electrons. The zero-order valence-corrected chi connectivity index (χ0v) is 10.5. The Morgan fingerprint density at radius 3 is 2.86 bits per heavy atom. The molecule has 14 heavy (non-hydrogen) atoms. The van der Waals surface area contributed by atoms with Crippen molar-refractivity contribution in [2.75, 3.05) is 6.61 Å². The van der Waals surface area contributed by atoms with Gasteiger partial charge in [0.25, 0.3) is 0 Å². The molecule has 1 aliphatic rings. The molecule has 0 radical (unpaired) electrons. The molecule has 0 amide bonds. The fourth-order valence-electron chi connectivity index (χ4n) is 1.28. The van der Waals surface area contributed by atoms with Crippen LogP contribution in [0.5, 0.6) is 0 Å². The highest BCUT2D eigenvalue weighted by Gasteiger charge is 2.29. The van der Waals surface area contributed by atoms with Crippen LogP contribution in [0.1, 0.15) is 20.3 Å². The number of ether oxygens (including phenoxy) is 2. The molecule has 4 heteroatoms. The Hall–Kier alpha value is -0.520. The monoisotopic (exact) mass is 308 g/mol. The molecule has 0 aromatic heterocycles. The van der Waals surface area contributed by atoms with E-state index < -0.39 is 0 Å². The summed E-state index contributed by atoms with van der Waals surface area (Å²) < 4.78 is 11.3. The molecule has 0 aromatic rings. The fraction of sp³-hybridized carbons (Fsp3) is 0.500. The quantitative estimate of drug-likeness (QED) is 0.594. The first kappa shape index (κ1) is 11.6. The highest BCUT2D eigenvalue weighted by atomic mass is 127. The Balaban J connectivity index is 2.67. The first-order chi connectivity index (χ1) is 6.56. The highest BCUT2D eigenvalue weighted by molar-refractivity contribution is 14.1. The van der Waals surface area contributed by atoms with E-state index in [9.17, 15) is 4.79 Å². The van der Waals surface area contributed by atoms with Gasteiger partial charge in [-0.15, -0.1) is 0 Å². The number of hydrogen-bond donors (Lipinski definition) is 0. The van der Waals surface area contributed by atoms with Crippen molar-refractivity contribution in [3.8, 4) is 0 Å². The van der Waals surface area contributed by atoms with Gasteiger partial charge >= 0.3 is 5.97 Å². The van der Waals surface area contributed by atoms with E-state index in [2.05, 4.69) is 29.2 Å². The molecule has 1 aliphatic heterocycles. The van der Waals surface area contributed by atoms with Gasteiger partial charge < -0.3 is 9.47 Å². The summed E-state index contributed by atoms with van der Waals surface area (Å²) in [5.74, 6) is 0.386. The Labute approximate surface area is 97.3 Å². The predicted octanol–water partition coefficient (Wildman–Crippen LogP) is 2.56. The molecule has 0 aromatic carbocycles. The third-order valence-corrected chi connectivity index (χ3v) is 2.70. The topological polar surface area (TPSA) is 35.5 Å². The first-order valence-corrected chi connectivity index (χ1v) is 5.52. The van der Waals surface area contributed by atoms with Crippen molar-refractivity contribution in [3.05, 3.63) is 21.5 Å². The predicted molar refractivity (Wildman–Crippen MR) is 62.0 cm³/mol. The molecule has 0 aliphatic carbocycles. The van der Waals surface area contributed by atoms with Gasteiger partial charge in [0.1, 0.15) is 11.9 Å². The molecule has 3 nitrogen and oxygen atoms in total. The lowest BCUT2D eigenvalue weighted by Crippen LogP contribution is -2.09. The molecular formula is C10H13IO3. The summed E-state index contributed by atoms with van der Waals surface area (Å²) in [6.07, 6.45) is 0.502. The Morgan fingerprint density at radius 1 is 1.79 bits per heavy atom. The molecular weight excluding hydrogens is 295 g/mol. The van der Waals surface area contributed by atoms with E-state index >= 15 is 0 Å². The normalized spacial score (nSPS) is 20.6. The number of carbonyl (C=O) groups is 1. The summed E-state index contributed by atoms with van der Waals surface area (Å²) >= 11 is 2.11. The summed E-state index contributed by atoms with van der Waals surface area (Å²) in [5, 5.41) is 0. The molecule has 0 saturated carbocycles. The van der Waals surface area contributed by atoms with Crippen LogP contribution in [0.3, 0.4) is 0 Å². The Bertz CT molecular complexity index is 294. The van der Waals surface area contributed by atoms with Crippen molar-refractivity contribution in [1.82, 2.24) is 0 Å². The first-order valence-electron chi connectivity index (χ1n) is 4.44. The van der Waals surface area contributed by atoms with Crippen LogP contribution < -0.4 is 0 Å². The van der Waals surface area contributed by atoms with Crippen molar-refractivity contribution >= 4 is 28.6 Å². The van der Waals surface area contributed by atoms with E-state index in [4.69, 9.17) is 9.47 Å². The molecule has 1 unspecified atom stereocenters. The number of rotatable bonds is 3. The van der Waals surface area contributed by atoms with Crippen molar-refractivity contribution in [2.45, 2.75) is 26.4 Å². The molecule has 1 heterocycles. The minimum Gasteiger partial charge on any atom is -0.489 e. The largest absolute Gasteiger partial charge is 0.489 e. The van der Waals surface area contributed by atoms with Crippen LogP contribution in [0.2, 0.25) is 0 Å². The highest BCUT2D eigenvalue weighted by Crippen LogP contribution is 2.31. The molecule has 0 spiro atoms. The average Bonchev–Trinajstić information content (AvgIpc) is 2.48. The average molecular weight is 308 g/mol. The number of esters is 1. The summed E-state index contributed by atoms with van der Waals surface area (Å²) in [4.78, 5) is 11.4. The van der Waals surface area contributed by atoms with Gasteiger partial charge in [0.2, 0.25) is 0 Å². The molecule has 0 fully saturated rings. The fourth-order valence-corrected chi connectivity index (χ4v) is 1.62. The van der Waals surface area contributed by atoms with Gasteiger partial charge in [-0.1, -0.05) is 6.58 Å². The van der Waals surface area contributed by atoms with Gasteiger partial charge in [-0.2, -0.15) is 0 Å². The van der Waals surface area contributed by atoms with E-state index in [-0.39, 0.29) is 12.1 Å². The third kappa shape index (κ3) is 2.50. The SMILES string of the molecule is C=C(I)C1CC(C(=O)OCC)=C(C)O1. The van der Waals surface area contributed by atoms with Gasteiger partial charge in [-0.05, 0) is 36.4 Å². The number of allylic oxidation sites excluding steroid dienone is 1. The van der Waals surface area contributed by atoms with Crippen molar-refractivity contribution in [1.29, 1.82) is 0 Å². The van der Waals surface area contributed by atoms with Gasteiger partial charge in [0.05, 0.1) is 12.2 Å². The summed E-state index contributed by atoms with van der Waals surface area (Å²) in [6.45, 7) is 7.76. The zero-order valence-electron chi connectivity index (χ0n) is 8.30. The smallest absolute Gasteiger partial charge is 0.337 e. The summed E-state index contributed by atoms with van der Waals surface area (Å²) in [6, 6.07) is 0. The lowest BCUT2D eigenvalue weighted by atomic mass is 10.1. The van der Waals surface area contributed by atoms with Gasteiger partial charge in [0, 0.05) is 10.0 Å². The van der Waals surface area contributed by atoms with E-state index in [1.165, 1.54) is 0 Å². The number of hydrogen-bond acceptors (Lipinski definition) is 3. The van der Waals surface area contributed by atoms with Gasteiger partial charge in [-0.3, -0.25) is 0 Å². The second-order valence-corrected chi connectivity index (χ2v) is 4.40. The second kappa shape index (κ2) is 4.82. The lowest BCUT2D eigenvalue weighted by Gasteiger charge is -2.08. The summed E-state index contributed by atoms with van der Waals surface area (Å²) in [7, 11) is 0. The van der Waals surface area contributed by atoms with Crippen molar-refractivity contribution in [3.63, 3.8) is 0 Å². The van der Waals surface area contributed by atoms with Crippen LogP contribution in [0.25, 0.3) is 0 Å². The van der Waals surface area contributed by atoms with E-state index in [0.717, 1.165) is 3.58 Å². The zero-order chi connectivity index (χ0) is 10.7. The minimum absolute atomic E-state index is 0.0741. The lowest BCUT2D eigenvalue weighted by molar-refractivity contribution is -0.138. The molecule has 0 bridgehead atoms. The second-order valence-electron chi connectivity index (χ2n) is 3.01. The van der Waals surface area contributed by atoms with Crippen LogP contribution >= 0.6 is 22.6 Å². The van der Waals surface area contributed by atoms with Crippen LogP contribution in [-0.2, 0) is 14.3 Å². The minimum atomic E-state index is -0.273. The van der Waals surface area contributed by atoms with Crippen LogP contribution in [0, 0.1) is 0 Å². The third-order valence-electron chi connectivity index (χ3n) is 2.00. The number of carbonyl (C=O) groups excluding carboxylic acids is 1. The standard InChI is InChI=1S/C10H13IO3/c1-4-13-10(12)8-5-9(6(2)11)14-7(8)3/h9H,2,4-5H2,1,3H3. The van der Waals surface area contributed by atoms with Crippen molar-refractivity contribution < 1.29 is 14.3 Å². The van der Waals surface area contributed by atoms with Gasteiger partial charge in [0.15, 0.2) is 0 Å². The van der Waals surface area contributed by atoms with E-state index in [0.29, 0.717) is 24.4 Å². The van der Waals surface area contributed by atoms with E-state index in [1.54, 1.807) is 13.8 Å². The Morgan fingerprint density at radius 2 is 2.43 bits per heavy atom. The van der Waals surface area contributed by atoms with Gasteiger partial charge in [-0.25, -0.2) is 4.79 Å². The number of halogens is 1. The molecule has 0 N–H and O–H groups in total. The van der Waals surface area contributed by atoms with Crippen molar-refractivity contribution in [2.24, 2.45) is 0 Å². The maximum Gasteiger partial charge on any atom is 0.337 e. The molecule has 0 saturated heterocycles. The van der Waals surface area contributed by atoms with Crippen LogP contribution in [0.15, 0.2) is 21.5 Å². The van der Waals surface area contributed by atoms with Crippen LogP contribution in [-0.4, -0.2) is 18.7 Å². The van der Waals surface area contributed by atoms with E-state index in [1.807, 2.05) is 0 Å². The maximum atomic E-state index is 11.4.